The van der Waals surface area contributed by atoms with E-state index in [0.717, 1.165) is 25.1 Å². The lowest BCUT2D eigenvalue weighted by Gasteiger charge is -2.00. The number of carbonyl (C=O) groups is 1. The molecular formula is C10H16N4O. The van der Waals surface area contributed by atoms with Crippen LogP contribution in [0.2, 0.25) is 0 Å². The third-order valence-electron chi connectivity index (χ3n) is 1.95. The van der Waals surface area contributed by atoms with Crippen LogP contribution in [0.5, 0.6) is 0 Å². The van der Waals surface area contributed by atoms with Crippen LogP contribution in [0.25, 0.3) is 6.20 Å². The number of hydrogen-bond acceptors (Lipinski definition) is 3. The molecule has 0 saturated heterocycles. The van der Waals surface area contributed by atoms with Crippen LogP contribution in [-0.2, 0) is 11.3 Å². The first-order valence-corrected chi connectivity index (χ1v) is 4.87. The molecule has 1 amide bonds. The van der Waals surface area contributed by atoms with Gasteiger partial charge in [-0.05, 0) is 13.0 Å². The summed E-state index contributed by atoms with van der Waals surface area (Å²) >= 11 is 0. The van der Waals surface area contributed by atoms with Crippen LogP contribution in [0.4, 0.5) is 0 Å². The zero-order chi connectivity index (χ0) is 11.1. The normalized spacial score (nSPS) is 10.1. The van der Waals surface area contributed by atoms with Gasteiger partial charge >= 0.3 is 0 Å². The molecule has 0 saturated carbocycles. The fraction of sp³-hybridized carbons (Fsp3) is 0.400. The van der Waals surface area contributed by atoms with Gasteiger partial charge in [-0.3, -0.25) is 4.79 Å². The van der Waals surface area contributed by atoms with Crippen molar-refractivity contribution in [1.82, 2.24) is 15.1 Å². The molecule has 15 heavy (non-hydrogen) atoms. The number of hydrogen-bond donors (Lipinski definition) is 2. The van der Waals surface area contributed by atoms with Gasteiger partial charge in [-0.2, -0.15) is 5.10 Å². The zero-order valence-corrected chi connectivity index (χ0v) is 8.65. The Balaban J connectivity index is 2.14. The molecule has 1 heterocycles. The van der Waals surface area contributed by atoms with Crippen LogP contribution >= 0.6 is 0 Å². The summed E-state index contributed by atoms with van der Waals surface area (Å²) in [7, 11) is 0. The first-order valence-electron chi connectivity index (χ1n) is 4.87. The van der Waals surface area contributed by atoms with Gasteiger partial charge in [0.2, 0.25) is 5.91 Å². The van der Waals surface area contributed by atoms with Crippen molar-refractivity contribution in [3.63, 3.8) is 0 Å². The fourth-order valence-corrected chi connectivity index (χ4v) is 1.19. The van der Waals surface area contributed by atoms with Crippen molar-refractivity contribution in [2.75, 3.05) is 6.54 Å². The number of nitrogens with two attached hydrogens (primary N) is 1. The second-order valence-corrected chi connectivity index (χ2v) is 3.26. The molecule has 0 fully saturated rings. The van der Waals surface area contributed by atoms with E-state index in [1.54, 1.807) is 17.1 Å². The van der Waals surface area contributed by atoms with Crippen LogP contribution < -0.4 is 11.1 Å². The summed E-state index contributed by atoms with van der Waals surface area (Å²) in [6.45, 7) is 5.12. The number of nitrogens with zero attached hydrogens (tertiary/aromatic N) is 2. The second-order valence-electron chi connectivity index (χ2n) is 3.26. The van der Waals surface area contributed by atoms with Crippen molar-refractivity contribution in [2.45, 2.75) is 19.4 Å². The van der Waals surface area contributed by atoms with Gasteiger partial charge in [-0.25, -0.2) is 4.68 Å². The van der Waals surface area contributed by atoms with E-state index in [1.165, 1.54) is 0 Å². The van der Waals surface area contributed by atoms with E-state index < -0.39 is 0 Å². The number of rotatable bonds is 7. The molecule has 5 heteroatoms. The summed E-state index contributed by atoms with van der Waals surface area (Å²) in [6.07, 6.45) is 6.51. The Bertz CT molecular complexity index is 332. The first-order chi connectivity index (χ1) is 7.22. The number of nitrogens with one attached hydrogen (secondary N) is 1. The molecule has 0 aliphatic rings. The predicted octanol–water partition coefficient (Wildman–Crippen LogP) is 0.339. The summed E-state index contributed by atoms with van der Waals surface area (Å²) < 4.78 is 1.65. The molecule has 3 N–H and O–H groups in total. The van der Waals surface area contributed by atoms with E-state index >= 15 is 0 Å². The summed E-state index contributed by atoms with van der Waals surface area (Å²) in [5.74, 6) is -0.253. The number of aromatic nitrogens is 2. The van der Waals surface area contributed by atoms with Crippen molar-refractivity contribution < 1.29 is 4.79 Å². The Labute approximate surface area is 89.0 Å². The average molecular weight is 208 g/mol. The number of amides is 1. The summed E-state index contributed by atoms with van der Waals surface area (Å²) in [6, 6.07) is 0. The van der Waals surface area contributed by atoms with Crippen LogP contribution in [0, 0.1) is 0 Å². The van der Waals surface area contributed by atoms with Gasteiger partial charge in [0, 0.05) is 30.9 Å². The van der Waals surface area contributed by atoms with Gasteiger partial charge < -0.3 is 11.1 Å². The molecule has 0 spiro atoms. The standard InChI is InChI=1S/C10H16N4O/c1-2-14-8-9(7-13-14)6-12-5-3-4-10(11)15/h2,7-8,12H,1,3-6H2,(H2,11,15). The minimum Gasteiger partial charge on any atom is -0.370 e. The van der Waals surface area contributed by atoms with Gasteiger partial charge in [-0.1, -0.05) is 6.58 Å². The summed E-state index contributed by atoms with van der Waals surface area (Å²) in [4.78, 5) is 10.4. The molecule has 0 radical (unpaired) electrons. The van der Waals surface area contributed by atoms with Gasteiger partial charge in [-0.15, -0.1) is 0 Å². The molecular weight excluding hydrogens is 192 g/mol. The molecule has 82 valence electrons. The van der Waals surface area contributed by atoms with E-state index in [1.807, 2.05) is 6.20 Å². The lowest BCUT2D eigenvalue weighted by atomic mass is 10.3. The molecule has 1 rings (SSSR count). The van der Waals surface area contributed by atoms with E-state index in [4.69, 9.17) is 5.73 Å². The largest absolute Gasteiger partial charge is 0.370 e. The highest BCUT2D eigenvalue weighted by Gasteiger charge is 1.97. The molecule has 0 aliphatic carbocycles. The van der Waals surface area contributed by atoms with Crippen molar-refractivity contribution in [2.24, 2.45) is 5.73 Å². The highest BCUT2D eigenvalue weighted by Crippen LogP contribution is 1.97. The van der Waals surface area contributed by atoms with Gasteiger partial charge in [0.25, 0.3) is 0 Å². The Morgan fingerprint density at radius 1 is 1.73 bits per heavy atom. The number of primary amides is 1. The van der Waals surface area contributed by atoms with Crippen LogP contribution in [0.1, 0.15) is 18.4 Å². The molecule has 0 bridgehead atoms. The third kappa shape index (κ3) is 4.42. The number of carbonyl (C=O) groups excluding carboxylic acids is 1. The topological polar surface area (TPSA) is 72.9 Å². The fourth-order valence-electron chi connectivity index (χ4n) is 1.19. The Morgan fingerprint density at radius 3 is 3.13 bits per heavy atom. The van der Waals surface area contributed by atoms with Gasteiger partial charge in [0.15, 0.2) is 0 Å². The second kappa shape index (κ2) is 5.98. The SMILES string of the molecule is C=Cn1cc(CNCCCC(N)=O)cn1. The lowest BCUT2D eigenvalue weighted by Crippen LogP contribution is -2.17. The van der Waals surface area contributed by atoms with Crippen molar-refractivity contribution >= 4 is 12.1 Å². The monoisotopic (exact) mass is 208 g/mol. The maximum absolute atomic E-state index is 10.4. The third-order valence-corrected chi connectivity index (χ3v) is 1.95. The molecule has 1 aromatic heterocycles. The highest BCUT2D eigenvalue weighted by molar-refractivity contribution is 5.73. The highest BCUT2D eigenvalue weighted by atomic mass is 16.1. The van der Waals surface area contributed by atoms with Crippen molar-refractivity contribution in [1.29, 1.82) is 0 Å². The van der Waals surface area contributed by atoms with Crippen LogP contribution in [-0.4, -0.2) is 22.2 Å². The lowest BCUT2D eigenvalue weighted by molar-refractivity contribution is -0.118. The zero-order valence-electron chi connectivity index (χ0n) is 8.65. The quantitative estimate of drug-likeness (QED) is 0.634. The molecule has 1 aromatic rings. The smallest absolute Gasteiger partial charge is 0.217 e. The Morgan fingerprint density at radius 2 is 2.53 bits per heavy atom. The molecule has 0 aromatic carbocycles. The van der Waals surface area contributed by atoms with E-state index in [2.05, 4.69) is 17.0 Å². The average Bonchev–Trinajstić information content (AvgIpc) is 2.65. The maximum Gasteiger partial charge on any atom is 0.217 e. The maximum atomic E-state index is 10.4. The van der Waals surface area contributed by atoms with Crippen LogP contribution in [0.15, 0.2) is 19.0 Å². The van der Waals surface area contributed by atoms with Gasteiger partial charge in [0.05, 0.1) is 6.20 Å². The van der Waals surface area contributed by atoms with Crippen molar-refractivity contribution in [3.05, 3.63) is 24.5 Å². The minimum atomic E-state index is -0.253. The van der Waals surface area contributed by atoms with Crippen LogP contribution in [0.3, 0.4) is 0 Å². The molecule has 0 atom stereocenters. The van der Waals surface area contributed by atoms with E-state index in [-0.39, 0.29) is 5.91 Å². The van der Waals surface area contributed by atoms with E-state index in [9.17, 15) is 4.79 Å². The minimum absolute atomic E-state index is 0.253. The molecule has 0 unspecified atom stereocenters. The Kier molecular flexibility index (Phi) is 4.56. The first kappa shape index (κ1) is 11.5. The predicted molar refractivity (Wildman–Crippen MR) is 58.7 cm³/mol. The molecule has 5 nitrogen and oxygen atoms in total. The molecule has 0 aliphatic heterocycles. The summed E-state index contributed by atoms with van der Waals surface area (Å²) in [5, 5.41) is 7.25. The van der Waals surface area contributed by atoms with E-state index in [0.29, 0.717) is 6.42 Å². The van der Waals surface area contributed by atoms with Gasteiger partial charge in [0.1, 0.15) is 0 Å². The summed E-state index contributed by atoms with van der Waals surface area (Å²) in [5.41, 5.74) is 6.11. The Hall–Kier alpha value is -1.62. The van der Waals surface area contributed by atoms with Crippen molar-refractivity contribution in [3.8, 4) is 0 Å².